The first-order valence-electron chi connectivity index (χ1n) is 13.9. The summed E-state index contributed by atoms with van der Waals surface area (Å²) in [6.45, 7) is 4.93. The molecule has 13 heteroatoms. The smallest absolute Gasteiger partial charge is 0.416 e. The minimum Gasteiger partial charge on any atom is -0.495 e. The highest BCUT2D eigenvalue weighted by molar-refractivity contribution is 5.81. The Hall–Kier alpha value is -4.94. The van der Waals surface area contributed by atoms with E-state index in [0.717, 1.165) is 34.8 Å². The first kappa shape index (κ1) is 36.3. The van der Waals surface area contributed by atoms with Gasteiger partial charge in [-0.1, -0.05) is 31.6 Å². The average Bonchev–Trinajstić information content (AvgIpc) is 3.03. The van der Waals surface area contributed by atoms with Crippen molar-refractivity contribution in [1.82, 2.24) is 15.0 Å². The summed E-state index contributed by atoms with van der Waals surface area (Å²) in [5.41, 5.74) is 0.270. The fraction of sp³-hybridized carbons (Fsp3) is 0.344. The van der Waals surface area contributed by atoms with Gasteiger partial charge in [-0.3, -0.25) is 9.59 Å². The molecule has 0 unspecified atom stereocenters. The molecule has 45 heavy (non-hydrogen) atoms. The van der Waals surface area contributed by atoms with Crippen LogP contribution in [0.2, 0.25) is 0 Å². The zero-order valence-electron chi connectivity index (χ0n) is 26.1. The first-order chi connectivity index (χ1) is 21.3. The van der Waals surface area contributed by atoms with E-state index < -0.39 is 28.7 Å². The number of carbonyl (C=O) groups excluding carboxylic acids is 1. The molecule has 2 heterocycles. The molecule has 1 aromatic carbocycles. The van der Waals surface area contributed by atoms with Crippen LogP contribution in [0.4, 0.5) is 24.7 Å². The second-order valence-corrected chi connectivity index (χ2v) is 10.3. The number of carboxylic acids is 1. The van der Waals surface area contributed by atoms with Gasteiger partial charge >= 0.3 is 18.2 Å². The average molecular weight is 630 g/mol. The molecule has 242 valence electrons. The molecule has 0 aliphatic carbocycles. The summed E-state index contributed by atoms with van der Waals surface area (Å²) in [5, 5.41) is 12.1. The molecule has 2 N–H and O–H groups in total. The number of anilines is 2. The van der Waals surface area contributed by atoms with Crippen LogP contribution in [-0.2, 0) is 9.59 Å². The first-order valence-corrected chi connectivity index (χ1v) is 13.9. The number of ether oxygens (including phenoxy) is 2. The Labute approximate surface area is 260 Å². The van der Waals surface area contributed by atoms with Crippen molar-refractivity contribution < 1.29 is 37.3 Å². The fourth-order valence-electron chi connectivity index (χ4n) is 3.61. The normalized spacial score (nSPS) is 12.0. The van der Waals surface area contributed by atoms with Gasteiger partial charge in [-0.15, -0.1) is 0 Å². The van der Waals surface area contributed by atoms with Crippen LogP contribution < -0.4 is 19.7 Å². The summed E-state index contributed by atoms with van der Waals surface area (Å²) in [6, 6.07) is 10.9. The second-order valence-electron chi connectivity index (χ2n) is 10.3. The summed E-state index contributed by atoms with van der Waals surface area (Å²) in [6.07, 6.45) is 3.46. The van der Waals surface area contributed by atoms with E-state index in [9.17, 15) is 22.8 Å². The summed E-state index contributed by atoms with van der Waals surface area (Å²) in [5.74, 6) is 0.239. The molecule has 0 aliphatic heterocycles. The van der Waals surface area contributed by atoms with Crippen LogP contribution in [0.5, 0.6) is 11.8 Å². The van der Waals surface area contributed by atoms with E-state index in [1.54, 1.807) is 65.5 Å². The van der Waals surface area contributed by atoms with Crippen LogP contribution in [0.1, 0.15) is 33.6 Å². The predicted molar refractivity (Wildman–Crippen MR) is 166 cm³/mol. The number of carboxylic acid groups (broad SMARTS) is 1. The molecule has 0 spiro atoms. The number of unbranched alkanes of at least 4 members (excludes halogenated alkanes) is 1. The number of alkyl halides is 3. The molecule has 0 bridgehead atoms. The molecule has 3 rings (SSSR count). The van der Waals surface area contributed by atoms with E-state index >= 15 is 0 Å². The van der Waals surface area contributed by atoms with Crippen molar-refractivity contribution in [3.8, 4) is 22.9 Å². The lowest BCUT2D eigenvalue weighted by Crippen LogP contribution is -2.31. The maximum atomic E-state index is 13.0. The fourth-order valence-corrected chi connectivity index (χ4v) is 3.61. The SMILES string of the molecule is CCC/C=C(/C(C=O)=C\N(C)c1ccccn1)C(F)(F)F.CNc1ccc(-c2cnc(OCC(C)(C)C(=O)O)nc2)cc1OC. The summed E-state index contributed by atoms with van der Waals surface area (Å²) < 4.78 is 49.8. The van der Waals surface area contributed by atoms with Gasteiger partial charge in [0.15, 0.2) is 6.29 Å². The molecule has 0 amide bonds. The molecule has 0 radical (unpaired) electrons. The Morgan fingerprint density at radius 3 is 2.29 bits per heavy atom. The van der Waals surface area contributed by atoms with Crippen LogP contribution in [-0.4, -0.2) is 66.3 Å². The van der Waals surface area contributed by atoms with Gasteiger partial charge in [-0.05, 0) is 50.1 Å². The van der Waals surface area contributed by atoms with Gasteiger partial charge in [0, 0.05) is 50.0 Å². The van der Waals surface area contributed by atoms with Crippen LogP contribution in [0.3, 0.4) is 0 Å². The maximum absolute atomic E-state index is 13.0. The molecule has 0 saturated heterocycles. The third-order valence-electron chi connectivity index (χ3n) is 6.30. The number of rotatable bonds is 13. The molecular formula is C32H38F3N5O5. The zero-order chi connectivity index (χ0) is 33.6. The quantitative estimate of drug-likeness (QED) is 0.122. The Morgan fingerprint density at radius 2 is 1.78 bits per heavy atom. The number of hydrogen-bond donors (Lipinski definition) is 2. The lowest BCUT2D eigenvalue weighted by molar-refractivity contribution is -0.148. The van der Waals surface area contributed by atoms with Gasteiger partial charge in [-0.2, -0.15) is 13.2 Å². The van der Waals surface area contributed by atoms with E-state index in [2.05, 4.69) is 20.3 Å². The second kappa shape index (κ2) is 16.8. The lowest BCUT2D eigenvalue weighted by Gasteiger charge is -2.18. The van der Waals surface area contributed by atoms with Crippen molar-refractivity contribution >= 4 is 23.8 Å². The summed E-state index contributed by atoms with van der Waals surface area (Å²) in [4.78, 5) is 35.8. The van der Waals surface area contributed by atoms with E-state index in [0.29, 0.717) is 12.2 Å². The maximum Gasteiger partial charge on any atom is 0.416 e. The molecule has 10 nitrogen and oxygen atoms in total. The van der Waals surface area contributed by atoms with Gasteiger partial charge in [0.1, 0.15) is 18.2 Å². The molecule has 0 fully saturated rings. The highest BCUT2D eigenvalue weighted by Crippen LogP contribution is 2.32. The number of aldehydes is 1. The van der Waals surface area contributed by atoms with Crippen molar-refractivity contribution in [2.75, 3.05) is 38.0 Å². The predicted octanol–water partition coefficient (Wildman–Crippen LogP) is 6.57. The van der Waals surface area contributed by atoms with Crippen molar-refractivity contribution in [3.05, 3.63) is 78.4 Å². The van der Waals surface area contributed by atoms with E-state index in [4.69, 9.17) is 14.6 Å². The van der Waals surface area contributed by atoms with Crippen molar-refractivity contribution in [2.24, 2.45) is 5.41 Å². The van der Waals surface area contributed by atoms with E-state index in [1.807, 2.05) is 25.2 Å². The number of methoxy groups -OCH3 is 1. The largest absolute Gasteiger partial charge is 0.495 e. The van der Waals surface area contributed by atoms with Gasteiger partial charge < -0.3 is 24.8 Å². The number of nitrogens with one attached hydrogen (secondary N) is 1. The molecule has 2 aromatic heterocycles. The number of pyridine rings is 1. The number of aliphatic carboxylic acids is 1. The molecule has 0 aliphatic rings. The Bertz CT molecular complexity index is 1460. The summed E-state index contributed by atoms with van der Waals surface area (Å²) in [7, 11) is 4.97. The van der Waals surface area contributed by atoms with Crippen LogP contribution in [0.25, 0.3) is 11.1 Å². The highest BCUT2D eigenvalue weighted by Gasteiger charge is 2.35. The Balaban J connectivity index is 0.000000317. The molecule has 0 saturated carbocycles. The van der Waals surface area contributed by atoms with Crippen molar-refractivity contribution in [1.29, 1.82) is 0 Å². The minimum atomic E-state index is -4.56. The molecular weight excluding hydrogens is 591 g/mol. The van der Waals surface area contributed by atoms with Crippen LogP contribution in [0.15, 0.2) is 78.4 Å². The number of aromatic nitrogens is 3. The van der Waals surface area contributed by atoms with Gasteiger partial charge in [0.05, 0.1) is 23.8 Å². The number of carbonyl (C=O) groups is 2. The number of benzene rings is 1. The van der Waals surface area contributed by atoms with E-state index in [-0.39, 0.29) is 25.3 Å². The number of allylic oxidation sites excluding steroid dienone is 3. The number of halogens is 3. The van der Waals surface area contributed by atoms with Gasteiger partial charge in [0.2, 0.25) is 0 Å². The standard InChI is InChI=1S/C17H21N3O4.C15H17F3N2O/c1-17(2,15(21)22)10-24-16-19-8-12(9-20-16)11-5-6-13(18-3)14(7-11)23-4;1-3-4-7-13(15(16,17)18)12(11-21)10-20(2)14-8-5-6-9-19-14/h5-9,18H,10H2,1-4H3,(H,21,22);5-11H,3-4H2,1-2H3/b;12-10-,13-7-. The van der Waals surface area contributed by atoms with Crippen molar-refractivity contribution in [2.45, 2.75) is 39.8 Å². The van der Waals surface area contributed by atoms with Crippen molar-refractivity contribution in [3.63, 3.8) is 0 Å². The van der Waals surface area contributed by atoms with Gasteiger partial charge in [0.25, 0.3) is 0 Å². The summed E-state index contributed by atoms with van der Waals surface area (Å²) >= 11 is 0. The Morgan fingerprint density at radius 1 is 1.09 bits per heavy atom. The number of nitrogens with zero attached hydrogens (tertiary/aromatic N) is 4. The molecule has 0 atom stereocenters. The highest BCUT2D eigenvalue weighted by atomic mass is 19.4. The van der Waals surface area contributed by atoms with Crippen LogP contribution in [0, 0.1) is 5.41 Å². The molecule has 3 aromatic rings. The lowest BCUT2D eigenvalue weighted by atomic mass is 9.95. The van der Waals surface area contributed by atoms with E-state index in [1.165, 1.54) is 11.1 Å². The van der Waals surface area contributed by atoms with Gasteiger partial charge in [-0.25, -0.2) is 15.0 Å². The monoisotopic (exact) mass is 629 g/mol. The number of hydrogen-bond acceptors (Lipinski definition) is 9. The minimum absolute atomic E-state index is 0.00757. The third-order valence-corrected chi connectivity index (χ3v) is 6.30. The Kier molecular flexibility index (Phi) is 13.5. The topological polar surface area (TPSA) is 127 Å². The van der Waals surface area contributed by atoms with Crippen LogP contribution >= 0.6 is 0 Å². The third kappa shape index (κ3) is 10.9. The zero-order valence-corrected chi connectivity index (χ0v) is 26.1.